The minimum absolute atomic E-state index is 0.216. The van der Waals surface area contributed by atoms with Crippen LogP contribution in [0.4, 0.5) is 4.79 Å². The minimum Gasteiger partial charge on any atom is -0.447 e. The average Bonchev–Trinajstić information content (AvgIpc) is 3.12. The Hall–Kier alpha value is -1.90. The van der Waals surface area contributed by atoms with E-state index in [1.165, 1.54) is 4.90 Å². The summed E-state index contributed by atoms with van der Waals surface area (Å²) in [6.45, 7) is 17.5. The van der Waals surface area contributed by atoms with Crippen molar-refractivity contribution in [1.82, 2.24) is 10.2 Å². The highest BCUT2D eigenvalue weighted by Crippen LogP contribution is 2.43. The van der Waals surface area contributed by atoms with Gasteiger partial charge in [-0.05, 0) is 36.0 Å². The van der Waals surface area contributed by atoms with E-state index in [1.54, 1.807) is 0 Å². The number of benzene rings is 1. The van der Waals surface area contributed by atoms with Gasteiger partial charge in [0.05, 0.1) is 18.2 Å². The Balaban J connectivity index is 1.78. The molecule has 7 nitrogen and oxygen atoms in total. The van der Waals surface area contributed by atoms with Gasteiger partial charge in [-0.2, -0.15) is 0 Å². The van der Waals surface area contributed by atoms with E-state index in [0.717, 1.165) is 5.56 Å². The molecule has 1 N–H and O–H groups in total. The van der Waals surface area contributed by atoms with Crippen molar-refractivity contribution in [3.63, 3.8) is 0 Å². The molecule has 1 aromatic rings. The van der Waals surface area contributed by atoms with E-state index in [2.05, 4.69) is 46.9 Å². The first-order chi connectivity index (χ1) is 15.5. The van der Waals surface area contributed by atoms with Gasteiger partial charge in [0.2, 0.25) is 14.2 Å². The van der Waals surface area contributed by atoms with Crippen LogP contribution in [0.3, 0.4) is 0 Å². The van der Waals surface area contributed by atoms with Crippen LogP contribution in [-0.4, -0.2) is 56.3 Å². The Morgan fingerprint density at radius 1 is 1.00 bits per heavy atom. The highest BCUT2D eigenvalue weighted by molar-refractivity contribution is 6.77. The van der Waals surface area contributed by atoms with Crippen LogP contribution in [0.25, 0.3) is 0 Å². The second-order valence-electron chi connectivity index (χ2n) is 10.3. The van der Waals surface area contributed by atoms with Gasteiger partial charge < -0.3 is 19.2 Å². The summed E-state index contributed by atoms with van der Waals surface area (Å²) >= 11 is 0. The summed E-state index contributed by atoms with van der Waals surface area (Å²) in [7, 11) is -2.14. The Labute approximate surface area is 199 Å². The number of amides is 2. The second kappa shape index (κ2) is 10.2. The summed E-state index contributed by atoms with van der Waals surface area (Å²) in [6.07, 6.45) is -1.86. The summed E-state index contributed by atoms with van der Waals surface area (Å²) in [4.78, 5) is 27.5. The zero-order valence-corrected chi connectivity index (χ0v) is 22.2. The quantitative estimate of drug-likeness (QED) is 0.535. The molecule has 5 atom stereocenters. The number of nitrogens with one attached hydrogen (secondary N) is 1. The zero-order chi connectivity index (χ0) is 24.5. The second-order valence-corrected chi connectivity index (χ2v) is 15.7. The van der Waals surface area contributed by atoms with Crippen molar-refractivity contribution in [3.05, 3.63) is 35.9 Å². The van der Waals surface area contributed by atoms with Crippen LogP contribution >= 0.6 is 0 Å². The van der Waals surface area contributed by atoms with Gasteiger partial charge >= 0.3 is 6.09 Å². The molecule has 0 bridgehead atoms. The van der Waals surface area contributed by atoms with E-state index >= 15 is 0 Å². The molecule has 3 rings (SSSR count). The number of ether oxygens (including phenoxy) is 2. The van der Waals surface area contributed by atoms with Gasteiger partial charge in [-0.25, -0.2) is 4.79 Å². The van der Waals surface area contributed by atoms with Crippen molar-refractivity contribution in [3.8, 4) is 0 Å². The first kappa shape index (κ1) is 25.7. The van der Waals surface area contributed by atoms with Crippen molar-refractivity contribution in [2.45, 2.75) is 103 Å². The topological polar surface area (TPSA) is 77.1 Å². The average molecular weight is 477 g/mol. The van der Waals surface area contributed by atoms with Gasteiger partial charge in [0.15, 0.2) is 6.23 Å². The third-order valence-corrected chi connectivity index (χ3v) is 13.5. The number of carbonyl (C=O) groups excluding carboxylic acids is 2. The van der Waals surface area contributed by atoms with Crippen molar-refractivity contribution in [2.75, 3.05) is 6.61 Å². The number of hydrogen-bond donors (Lipinski definition) is 1. The maximum Gasteiger partial charge on any atom is 0.411 e. The van der Waals surface area contributed by atoms with Gasteiger partial charge in [-0.3, -0.25) is 9.69 Å². The standard InChI is InChI=1S/C25H40N2O5Si/c1-15(2)33(16(3)4,17(5)6)32-19(8)24-26-23(28)22(18(7)31-24)27-21(14-30-25(27)29)20-12-10-9-11-13-20/h9-13,15-19,21-22,24H,14H2,1-8H3,(H,26,28)/t18-,19-,21+,22+,24+/m1/s1. The summed E-state index contributed by atoms with van der Waals surface area (Å²) in [6, 6.07) is 8.55. The molecule has 184 valence electrons. The lowest BCUT2D eigenvalue weighted by molar-refractivity contribution is -0.164. The fraction of sp³-hybridized carbons (Fsp3) is 0.680. The van der Waals surface area contributed by atoms with E-state index in [0.29, 0.717) is 16.6 Å². The summed E-state index contributed by atoms with van der Waals surface area (Å²) in [5.41, 5.74) is 2.21. The van der Waals surface area contributed by atoms with E-state index in [-0.39, 0.29) is 24.7 Å². The van der Waals surface area contributed by atoms with Crippen LogP contribution in [0.2, 0.25) is 16.6 Å². The van der Waals surface area contributed by atoms with Crippen molar-refractivity contribution < 1.29 is 23.5 Å². The molecule has 0 aromatic heterocycles. The van der Waals surface area contributed by atoms with Gasteiger partial charge in [0, 0.05) is 0 Å². The van der Waals surface area contributed by atoms with Crippen molar-refractivity contribution in [1.29, 1.82) is 0 Å². The number of hydrogen-bond acceptors (Lipinski definition) is 5. The van der Waals surface area contributed by atoms with Gasteiger partial charge in [0.1, 0.15) is 12.6 Å². The van der Waals surface area contributed by atoms with E-state index in [1.807, 2.05) is 44.2 Å². The highest BCUT2D eigenvalue weighted by atomic mass is 28.4. The van der Waals surface area contributed by atoms with Crippen LogP contribution < -0.4 is 5.32 Å². The molecular formula is C25H40N2O5Si. The fourth-order valence-corrected chi connectivity index (χ4v) is 11.4. The van der Waals surface area contributed by atoms with Crippen LogP contribution in [0.5, 0.6) is 0 Å². The molecule has 0 radical (unpaired) electrons. The molecule has 33 heavy (non-hydrogen) atoms. The molecule has 0 unspecified atom stereocenters. The third-order valence-electron chi connectivity index (χ3n) is 7.28. The molecule has 2 heterocycles. The lowest BCUT2D eigenvalue weighted by Gasteiger charge is -2.47. The van der Waals surface area contributed by atoms with Gasteiger partial charge in [-0.15, -0.1) is 0 Å². The smallest absolute Gasteiger partial charge is 0.411 e. The van der Waals surface area contributed by atoms with Crippen molar-refractivity contribution >= 4 is 20.3 Å². The maximum atomic E-state index is 13.3. The normalized spacial score (nSPS) is 27.3. The van der Waals surface area contributed by atoms with Crippen molar-refractivity contribution in [2.24, 2.45) is 0 Å². The monoisotopic (exact) mass is 476 g/mol. The minimum atomic E-state index is -2.14. The number of cyclic esters (lactones) is 1. The molecule has 0 spiro atoms. The zero-order valence-electron chi connectivity index (χ0n) is 21.2. The Morgan fingerprint density at radius 3 is 2.09 bits per heavy atom. The summed E-state index contributed by atoms with van der Waals surface area (Å²) in [5, 5.41) is 2.99. The molecule has 2 aliphatic heterocycles. The molecule has 2 saturated heterocycles. The van der Waals surface area contributed by atoms with Crippen LogP contribution in [0.15, 0.2) is 30.3 Å². The van der Waals surface area contributed by atoms with Crippen LogP contribution in [0, 0.1) is 0 Å². The predicted octanol–water partition coefficient (Wildman–Crippen LogP) is 4.99. The Morgan fingerprint density at radius 2 is 1.58 bits per heavy atom. The van der Waals surface area contributed by atoms with Crippen LogP contribution in [-0.2, 0) is 18.7 Å². The SMILES string of the molecule is CC(C)[Si](O[C@H](C)[C@H]1NC(=O)[C@@H](N2C(=O)OC[C@H]2c2ccccc2)[C@@H](C)O1)(C(C)C)C(C)C. The molecule has 8 heteroatoms. The predicted molar refractivity (Wildman–Crippen MR) is 130 cm³/mol. The van der Waals surface area contributed by atoms with E-state index in [9.17, 15) is 9.59 Å². The number of nitrogens with zero attached hydrogens (tertiary/aromatic N) is 1. The third kappa shape index (κ3) is 4.84. The first-order valence-corrected chi connectivity index (χ1v) is 14.3. The van der Waals surface area contributed by atoms with E-state index < -0.39 is 32.8 Å². The Bertz CT molecular complexity index is 810. The largest absolute Gasteiger partial charge is 0.447 e. The molecular weight excluding hydrogens is 436 g/mol. The van der Waals surface area contributed by atoms with Gasteiger partial charge in [0.25, 0.3) is 0 Å². The lowest BCUT2D eigenvalue weighted by Crippen LogP contribution is -2.65. The number of rotatable bonds is 8. The first-order valence-electron chi connectivity index (χ1n) is 12.1. The number of carbonyl (C=O) groups is 2. The van der Waals surface area contributed by atoms with Crippen LogP contribution in [0.1, 0.15) is 67.0 Å². The summed E-state index contributed by atoms with van der Waals surface area (Å²) < 4.78 is 18.4. The summed E-state index contributed by atoms with van der Waals surface area (Å²) in [5.74, 6) is -0.236. The molecule has 0 aliphatic carbocycles. The van der Waals surface area contributed by atoms with E-state index in [4.69, 9.17) is 13.9 Å². The maximum absolute atomic E-state index is 13.3. The fourth-order valence-electron chi connectivity index (χ4n) is 5.82. The Kier molecular flexibility index (Phi) is 7.91. The molecule has 2 amide bonds. The highest BCUT2D eigenvalue weighted by Gasteiger charge is 2.51. The molecule has 0 saturated carbocycles. The molecule has 2 aliphatic rings. The molecule has 1 aromatic carbocycles. The van der Waals surface area contributed by atoms with Gasteiger partial charge in [-0.1, -0.05) is 71.9 Å². The lowest BCUT2D eigenvalue weighted by atomic mass is 10.0. The molecule has 2 fully saturated rings.